The first-order valence-electron chi connectivity index (χ1n) is 7.48. The predicted molar refractivity (Wildman–Crippen MR) is 82.6 cm³/mol. The number of carbonyl (C=O) groups is 2. The van der Waals surface area contributed by atoms with Crippen LogP contribution in [0.3, 0.4) is 0 Å². The molecule has 1 rings (SSSR count). The first-order chi connectivity index (χ1) is 10.1. The number of amides is 2. The maximum absolute atomic E-state index is 11.5. The molecule has 0 radical (unpaired) electrons. The van der Waals surface area contributed by atoms with E-state index in [1.165, 1.54) is 12.8 Å². The van der Waals surface area contributed by atoms with Gasteiger partial charge in [0, 0.05) is 13.1 Å². The summed E-state index contributed by atoms with van der Waals surface area (Å²) in [5, 5.41) is 14.6. The summed E-state index contributed by atoms with van der Waals surface area (Å²) >= 11 is 0. The zero-order valence-electron chi connectivity index (χ0n) is 12.5. The molecule has 5 heteroatoms. The number of carboxylic acid groups (broad SMARTS) is 1. The number of aromatic carboxylic acids is 1. The Morgan fingerprint density at radius 1 is 1.05 bits per heavy atom. The van der Waals surface area contributed by atoms with E-state index < -0.39 is 5.97 Å². The minimum atomic E-state index is -0.939. The second-order valence-corrected chi connectivity index (χ2v) is 4.96. The molecule has 0 unspecified atom stereocenters. The van der Waals surface area contributed by atoms with Gasteiger partial charge in [-0.05, 0) is 24.5 Å². The highest BCUT2D eigenvalue weighted by molar-refractivity contribution is 5.89. The van der Waals surface area contributed by atoms with E-state index in [9.17, 15) is 9.59 Å². The van der Waals surface area contributed by atoms with E-state index in [0.717, 1.165) is 18.4 Å². The molecule has 116 valence electrons. The molecule has 1 aromatic rings. The van der Waals surface area contributed by atoms with E-state index in [0.29, 0.717) is 25.1 Å². The van der Waals surface area contributed by atoms with Crippen molar-refractivity contribution in [3.05, 3.63) is 35.4 Å². The molecule has 0 bridgehead atoms. The Labute approximate surface area is 125 Å². The summed E-state index contributed by atoms with van der Waals surface area (Å²) < 4.78 is 0. The van der Waals surface area contributed by atoms with Gasteiger partial charge in [-0.2, -0.15) is 0 Å². The van der Waals surface area contributed by atoms with Gasteiger partial charge in [-0.1, -0.05) is 44.4 Å². The molecule has 0 aliphatic heterocycles. The van der Waals surface area contributed by atoms with Crippen LogP contribution in [-0.4, -0.2) is 30.2 Å². The SMILES string of the molecule is CCCCCCNC(=O)NCCc1ccccc1C(=O)O. The Morgan fingerprint density at radius 3 is 2.48 bits per heavy atom. The molecule has 1 aromatic carbocycles. The average Bonchev–Trinajstić information content (AvgIpc) is 2.47. The number of carbonyl (C=O) groups excluding carboxylic acids is 1. The lowest BCUT2D eigenvalue weighted by molar-refractivity contribution is 0.0695. The minimum Gasteiger partial charge on any atom is -0.478 e. The molecular weight excluding hydrogens is 268 g/mol. The predicted octanol–water partition coefficient (Wildman–Crippen LogP) is 2.81. The van der Waals surface area contributed by atoms with Crippen molar-refractivity contribution < 1.29 is 14.7 Å². The maximum atomic E-state index is 11.5. The molecule has 2 amide bonds. The van der Waals surface area contributed by atoms with Gasteiger partial charge in [0.25, 0.3) is 0 Å². The summed E-state index contributed by atoms with van der Waals surface area (Å²) in [4.78, 5) is 22.6. The van der Waals surface area contributed by atoms with Crippen molar-refractivity contribution >= 4 is 12.0 Å². The molecule has 3 N–H and O–H groups in total. The van der Waals surface area contributed by atoms with Crippen molar-refractivity contribution in [2.45, 2.75) is 39.0 Å². The number of nitrogens with one attached hydrogen (secondary N) is 2. The monoisotopic (exact) mass is 292 g/mol. The third kappa shape index (κ3) is 6.79. The van der Waals surface area contributed by atoms with Gasteiger partial charge in [-0.3, -0.25) is 0 Å². The van der Waals surface area contributed by atoms with E-state index >= 15 is 0 Å². The summed E-state index contributed by atoms with van der Waals surface area (Å²) in [6.07, 6.45) is 4.99. The number of urea groups is 1. The largest absolute Gasteiger partial charge is 0.478 e. The molecule has 0 saturated heterocycles. The highest BCUT2D eigenvalue weighted by atomic mass is 16.4. The van der Waals surface area contributed by atoms with Gasteiger partial charge in [-0.25, -0.2) is 9.59 Å². The quantitative estimate of drug-likeness (QED) is 0.612. The molecule has 21 heavy (non-hydrogen) atoms. The molecular formula is C16H24N2O3. The molecule has 0 atom stereocenters. The summed E-state index contributed by atoms with van der Waals surface area (Å²) in [5.41, 5.74) is 1.02. The molecule has 0 saturated carbocycles. The molecule has 0 aliphatic rings. The van der Waals surface area contributed by atoms with E-state index in [2.05, 4.69) is 17.6 Å². The maximum Gasteiger partial charge on any atom is 0.335 e. The molecule has 0 aromatic heterocycles. The van der Waals surface area contributed by atoms with Crippen LogP contribution < -0.4 is 10.6 Å². The number of rotatable bonds is 9. The first kappa shape index (κ1) is 17.0. The van der Waals surface area contributed by atoms with Crippen molar-refractivity contribution in [3.63, 3.8) is 0 Å². The van der Waals surface area contributed by atoms with Crippen LogP contribution in [0.1, 0.15) is 48.5 Å². The Balaban J connectivity index is 2.24. The number of hydrogen-bond donors (Lipinski definition) is 3. The number of carboxylic acids is 1. The summed E-state index contributed by atoms with van der Waals surface area (Å²) in [6, 6.07) is 6.65. The fraction of sp³-hybridized carbons (Fsp3) is 0.500. The standard InChI is InChI=1S/C16H24N2O3/c1-2-3-4-7-11-17-16(21)18-12-10-13-8-5-6-9-14(13)15(19)20/h5-6,8-9H,2-4,7,10-12H2,1H3,(H,19,20)(H2,17,18,21). The normalized spacial score (nSPS) is 10.1. The van der Waals surface area contributed by atoms with E-state index in [4.69, 9.17) is 5.11 Å². The van der Waals surface area contributed by atoms with Crippen LogP contribution in [0.4, 0.5) is 4.79 Å². The minimum absolute atomic E-state index is 0.195. The van der Waals surface area contributed by atoms with Crippen molar-refractivity contribution in [1.29, 1.82) is 0 Å². The smallest absolute Gasteiger partial charge is 0.335 e. The Morgan fingerprint density at radius 2 is 1.76 bits per heavy atom. The zero-order valence-corrected chi connectivity index (χ0v) is 12.5. The Kier molecular flexibility index (Phi) is 7.94. The van der Waals surface area contributed by atoms with Gasteiger partial charge in [-0.15, -0.1) is 0 Å². The number of hydrogen-bond acceptors (Lipinski definition) is 2. The van der Waals surface area contributed by atoms with Crippen molar-refractivity contribution in [2.75, 3.05) is 13.1 Å². The van der Waals surface area contributed by atoms with Crippen molar-refractivity contribution in [2.24, 2.45) is 0 Å². The fourth-order valence-corrected chi connectivity index (χ4v) is 2.07. The van der Waals surface area contributed by atoms with Gasteiger partial charge < -0.3 is 15.7 Å². The Hall–Kier alpha value is -2.04. The number of unbranched alkanes of at least 4 members (excludes halogenated alkanes) is 3. The lowest BCUT2D eigenvalue weighted by Gasteiger charge is -2.09. The van der Waals surface area contributed by atoms with Crippen LogP contribution in [0.5, 0.6) is 0 Å². The van der Waals surface area contributed by atoms with Crippen LogP contribution >= 0.6 is 0 Å². The van der Waals surface area contributed by atoms with Crippen LogP contribution in [-0.2, 0) is 6.42 Å². The van der Waals surface area contributed by atoms with Crippen LogP contribution in [0, 0.1) is 0 Å². The van der Waals surface area contributed by atoms with Crippen LogP contribution in [0.25, 0.3) is 0 Å². The second kappa shape index (κ2) is 9.80. The second-order valence-electron chi connectivity index (χ2n) is 4.96. The third-order valence-corrected chi connectivity index (χ3v) is 3.24. The zero-order chi connectivity index (χ0) is 15.5. The fourth-order valence-electron chi connectivity index (χ4n) is 2.07. The summed E-state index contributed by atoms with van der Waals surface area (Å²) in [6.45, 7) is 3.25. The van der Waals surface area contributed by atoms with Crippen LogP contribution in [0.2, 0.25) is 0 Å². The van der Waals surface area contributed by atoms with Gasteiger partial charge >= 0.3 is 12.0 Å². The lowest BCUT2D eigenvalue weighted by Crippen LogP contribution is -2.37. The van der Waals surface area contributed by atoms with Crippen molar-refractivity contribution in [3.8, 4) is 0 Å². The van der Waals surface area contributed by atoms with Gasteiger partial charge in [0.15, 0.2) is 0 Å². The molecule has 0 heterocycles. The summed E-state index contributed by atoms with van der Waals surface area (Å²) in [7, 11) is 0. The Bertz CT molecular complexity index is 461. The molecule has 0 aliphatic carbocycles. The third-order valence-electron chi connectivity index (χ3n) is 3.24. The van der Waals surface area contributed by atoms with E-state index in [1.807, 2.05) is 0 Å². The van der Waals surface area contributed by atoms with Gasteiger partial charge in [0.2, 0.25) is 0 Å². The van der Waals surface area contributed by atoms with Gasteiger partial charge in [0.1, 0.15) is 0 Å². The first-order valence-corrected chi connectivity index (χ1v) is 7.48. The number of benzene rings is 1. The highest BCUT2D eigenvalue weighted by Gasteiger charge is 2.08. The molecule has 0 fully saturated rings. The van der Waals surface area contributed by atoms with E-state index in [-0.39, 0.29) is 6.03 Å². The lowest BCUT2D eigenvalue weighted by atomic mass is 10.0. The molecule has 5 nitrogen and oxygen atoms in total. The van der Waals surface area contributed by atoms with Gasteiger partial charge in [0.05, 0.1) is 5.56 Å². The topological polar surface area (TPSA) is 78.4 Å². The average molecular weight is 292 g/mol. The van der Waals surface area contributed by atoms with E-state index in [1.54, 1.807) is 24.3 Å². The summed E-state index contributed by atoms with van der Waals surface area (Å²) in [5.74, 6) is -0.939. The molecule has 0 spiro atoms. The van der Waals surface area contributed by atoms with Crippen molar-refractivity contribution in [1.82, 2.24) is 10.6 Å². The van der Waals surface area contributed by atoms with Crippen LogP contribution in [0.15, 0.2) is 24.3 Å². The highest BCUT2D eigenvalue weighted by Crippen LogP contribution is 2.08.